The van der Waals surface area contributed by atoms with Gasteiger partial charge in [0.2, 0.25) is 0 Å². The van der Waals surface area contributed by atoms with Crippen LogP contribution in [0.3, 0.4) is 0 Å². The smallest absolute Gasteiger partial charge is 0.161 e. The van der Waals surface area contributed by atoms with Crippen LogP contribution in [0.2, 0.25) is 0 Å². The van der Waals surface area contributed by atoms with Gasteiger partial charge in [0, 0.05) is 55.2 Å². The molecule has 0 amide bonds. The number of pyridine rings is 1. The molecule has 2 atom stereocenters. The molecular formula is C20H24N8. The maximum atomic E-state index is 6.29. The summed E-state index contributed by atoms with van der Waals surface area (Å²) in [7, 11) is 0. The molecular weight excluding hydrogens is 352 g/mol. The molecule has 2 aliphatic heterocycles. The number of aromatic nitrogens is 4. The van der Waals surface area contributed by atoms with Crippen molar-refractivity contribution >= 4 is 17.7 Å². The van der Waals surface area contributed by atoms with Gasteiger partial charge in [0.1, 0.15) is 5.82 Å². The van der Waals surface area contributed by atoms with Crippen molar-refractivity contribution in [2.24, 2.45) is 5.10 Å². The standard InChI is InChI=1S/C20H24N8/c21-19-7-18(15-4-2-6-23-9-15)26-20-17(11-25-28(19)20)16-10-24-27(13-16)12-14-3-1-5-22-8-14/h1,3,5,7-8,10-11,15-16,23H,2,4,6,9,12-13,21H2. The molecule has 28 heavy (non-hydrogen) atoms. The lowest BCUT2D eigenvalue weighted by molar-refractivity contribution is 0.301. The fourth-order valence-electron chi connectivity index (χ4n) is 4.08. The quantitative estimate of drug-likeness (QED) is 0.720. The van der Waals surface area contributed by atoms with Gasteiger partial charge in [0.15, 0.2) is 5.65 Å². The highest BCUT2D eigenvalue weighted by Crippen LogP contribution is 2.29. The van der Waals surface area contributed by atoms with Gasteiger partial charge in [-0.15, -0.1) is 0 Å². The van der Waals surface area contributed by atoms with E-state index in [-0.39, 0.29) is 5.92 Å². The Kier molecular flexibility index (Phi) is 4.40. The molecule has 144 valence electrons. The number of hydrogen-bond acceptors (Lipinski definition) is 7. The Morgan fingerprint density at radius 2 is 2.25 bits per heavy atom. The molecule has 8 nitrogen and oxygen atoms in total. The normalized spacial score (nSPS) is 22.2. The van der Waals surface area contributed by atoms with E-state index >= 15 is 0 Å². The molecule has 3 aromatic rings. The lowest BCUT2D eigenvalue weighted by Crippen LogP contribution is -2.29. The zero-order valence-corrected chi connectivity index (χ0v) is 15.7. The number of piperidine rings is 1. The molecule has 1 saturated heterocycles. The van der Waals surface area contributed by atoms with Gasteiger partial charge in [0.05, 0.1) is 18.4 Å². The van der Waals surface area contributed by atoms with Crippen LogP contribution in [0.4, 0.5) is 5.82 Å². The zero-order chi connectivity index (χ0) is 18.9. The summed E-state index contributed by atoms with van der Waals surface area (Å²) in [5.74, 6) is 1.20. The molecule has 0 radical (unpaired) electrons. The zero-order valence-electron chi connectivity index (χ0n) is 15.7. The first kappa shape index (κ1) is 17.1. The molecule has 2 unspecified atom stereocenters. The van der Waals surface area contributed by atoms with Crippen LogP contribution in [-0.4, -0.2) is 50.4 Å². The van der Waals surface area contributed by atoms with Crippen LogP contribution in [-0.2, 0) is 6.54 Å². The van der Waals surface area contributed by atoms with E-state index in [4.69, 9.17) is 10.7 Å². The molecule has 3 aromatic heterocycles. The lowest BCUT2D eigenvalue weighted by atomic mass is 9.95. The highest BCUT2D eigenvalue weighted by atomic mass is 15.5. The summed E-state index contributed by atoms with van der Waals surface area (Å²) in [6.07, 6.45) is 9.84. The summed E-state index contributed by atoms with van der Waals surface area (Å²) in [5.41, 5.74) is 10.4. The Morgan fingerprint density at radius 1 is 1.29 bits per heavy atom. The van der Waals surface area contributed by atoms with E-state index in [1.54, 1.807) is 10.7 Å². The summed E-state index contributed by atoms with van der Waals surface area (Å²) in [6, 6.07) is 5.99. The lowest BCUT2D eigenvalue weighted by Gasteiger charge is -2.22. The van der Waals surface area contributed by atoms with Crippen LogP contribution in [0.25, 0.3) is 5.65 Å². The molecule has 8 heteroatoms. The van der Waals surface area contributed by atoms with Gasteiger partial charge in [-0.2, -0.15) is 14.7 Å². The minimum absolute atomic E-state index is 0.154. The van der Waals surface area contributed by atoms with Crippen molar-refractivity contribution in [2.45, 2.75) is 31.2 Å². The van der Waals surface area contributed by atoms with Gasteiger partial charge < -0.3 is 11.1 Å². The van der Waals surface area contributed by atoms with Gasteiger partial charge >= 0.3 is 0 Å². The first-order chi connectivity index (χ1) is 13.8. The monoisotopic (exact) mass is 376 g/mol. The Balaban J connectivity index is 1.40. The number of fused-ring (bicyclic) bond motifs is 1. The van der Waals surface area contributed by atoms with E-state index in [0.717, 1.165) is 55.1 Å². The number of anilines is 1. The number of hydrogen-bond donors (Lipinski definition) is 2. The van der Waals surface area contributed by atoms with Gasteiger partial charge in [-0.1, -0.05) is 6.07 Å². The summed E-state index contributed by atoms with van der Waals surface area (Å²) >= 11 is 0. The van der Waals surface area contributed by atoms with Gasteiger partial charge in [-0.05, 0) is 31.0 Å². The van der Waals surface area contributed by atoms with Gasteiger partial charge in [-0.3, -0.25) is 9.99 Å². The molecule has 0 saturated carbocycles. The summed E-state index contributed by atoms with van der Waals surface area (Å²) in [5, 5.41) is 14.6. The van der Waals surface area contributed by atoms with E-state index in [0.29, 0.717) is 11.7 Å². The van der Waals surface area contributed by atoms with E-state index in [2.05, 4.69) is 31.6 Å². The average Bonchev–Trinajstić information content (AvgIpc) is 3.36. The van der Waals surface area contributed by atoms with Crippen molar-refractivity contribution in [3.05, 3.63) is 53.6 Å². The molecule has 2 aliphatic rings. The molecule has 5 heterocycles. The third kappa shape index (κ3) is 3.20. The summed E-state index contributed by atoms with van der Waals surface area (Å²) < 4.78 is 1.74. The van der Waals surface area contributed by atoms with Crippen LogP contribution in [0.1, 0.15) is 41.5 Å². The number of rotatable bonds is 4. The Hall–Kier alpha value is -3.00. The predicted octanol–water partition coefficient (Wildman–Crippen LogP) is 1.76. The number of hydrazone groups is 1. The number of nitrogens with zero attached hydrogens (tertiary/aromatic N) is 6. The van der Waals surface area contributed by atoms with Crippen LogP contribution in [0, 0.1) is 0 Å². The Morgan fingerprint density at radius 3 is 3.07 bits per heavy atom. The number of nitrogens with one attached hydrogen (secondary N) is 1. The van der Waals surface area contributed by atoms with Crippen LogP contribution in [0.5, 0.6) is 0 Å². The third-order valence-electron chi connectivity index (χ3n) is 5.57. The van der Waals surface area contributed by atoms with Crippen LogP contribution >= 0.6 is 0 Å². The van der Waals surface area contributed by atoms with E-state index in [9.17, 15) is 0 Å². The second kappa shape index (κ2) is 7.20. The maximum absolute atomic E-state index is 6.29. The van der Waals surface area contributed by atoms with Crippen molar-refractivity contribution in [2.75, 3.05) is 25.4 Å². The first-order valence-corrected chi connectivity index (χ1v) is 9.80. The fourth-order valence-corrected chi connectivity index (χ4v) is 4.08. The molecule has 0 aromatic carbocycles. The molecule has 0 aliphatic carbocycles. The minimum Gasteiger partial charge on any atom is -0.384 e. The van der Waals surface area contributed by atoms with Gasteiger partial charge in [0.25, 0.3) is 0 Å². The van der Waals surface area contributed by atoms with Crippen molar-refractivity contribution in [3.63, 3.8) is 0 Å². The van der Waals surface area contributed by atoms with Crippen molar-refractivity contribution in [1.82, 2.24) is 29.9 Å². The minimum atomic E-state index is 0.154. The SMILES string of the molecule is Nc1cc(C2CCCNC2)nc2c(C3C=NN(Cc4cccnc4)C3)cnn12. The Bertz CT molecular complexity index is 990. The second-order valence-corrected chi connectivity index (χ2v) is 7.56. The van der Waals surface area contributed by atoms with Crippen molar-refractivity contribution in [1.29, 1.82) is 0 Å². The highest BCUT2D eigenvalue weighted by Gasteiger charge is 2.25. The molecule has 5 rings (SSSR count). The van der Waals surface area contributed by atoms with E-state index in [1.807, 2.05) is 30.7 Å². The number of nitrogens with two attached hydrogens (primary N) is 1. The second-order valence-electron chi connectivity index (χ2n) is 7.56. The predicted molar refractivity (Wildman–Crippen MR) is 108 cm³/mol. The molecule has 0 spiro atoms. The van der Waals surface area contributed by atoms with E-state index < -0.39 is 0 Å². The molecule has 0 bridgehead atoms. The Labute approximate surface area is 163 Å². The number of nitrogen functional groups attached to an aromatic ring is 1. The maximum Gasteiger partial charge on any atom is 0.161 e. The summed E-state index contributed by atoms with van der Waals surface area (Å²) in [4.78, 5) is 9.14. The first-order valence-electron chi connectivity index (χ1n) is 9.80. The van der Waals surface area contributed by atoms with Crippen molar-refractivity contribution < 1.29 is 0 Å². The van der Waals surface area contributed by atoms with Crippen molar-refractivity contribution in [3.8, 4) is 0 Å². The average molecular weight is 376 g/mol. The fraction of sp³-hybridized carbons (Fsp3) is 0.400. The molecule has 3 N–H and O–H groups in total. The third-order valence-corrected chi connectivity index (χ3v) is 5.57. The highest BCUT2D eigenvalue weighted by molar-refractivity contribution is 5.74. The largest absolute Gasteiger partial charge is 0.384 e. The van der Waals surface area contributed by atoms with E-state index in [1.165, 1.54) is 6.42 Å². The van der Waals surface area contributed by atoms with Crippen LogP contribution < -0.4 is 11.1 Å². The summed E-state index contributed by atoms with van der Waals surface area (Å²) in [6.45, 7) is 3.58. The van der Waals surface area contributed by atoms with Crippen LogP contribution in [0.15, 0.2) is 41.9 Å². The van der Waals surface area contributed by atoms with Gasteiger partial charge in [-0.25, -0.2) is 4.98 Å². The topological polar surface area (TPSA) is 96.7 Å². The molecule has 1 fully saturated rings.